The first kappa shape index (κ1) is 49.0. The van der Waals surface area contributed by atoms with E-state index in [1.807, 2.05) is 34.1 Å². The third-order valence-electron chi connectivity index (χ3n) is 9.17. The van der Waals surface area contributed by atoms with Crippen molar-refractivity contribution >= 4 is 13.7 Å². The van der Waals surface area contributed by atoms with Crippen LogP contribution < -0.4 is 5.32 Å². The van der Waals surface area contributed by atoms with Gasteiger partial charge in [0.05, 0.1) is 39.9 Å². The van der Waals surface area contributed by atoms with Crippen LogP contribution in [0, 0.1) is 0 Å². The van der Waals surface area contributed by atoms with E-state index >= 15 is 0 Å². The van der Waals surface area contributed by atoms with Crippen LogP contribution in [0.2, 0.25) is 0 Å². The van der Waals surface area contributed by atoms with Gasteiger partial charge in [-0.1, -0.05) is 167 Å². The molecule has 3 atom stereocenters. The lowest BCUT2D eigenvalue weighted by Gasteiger charge is -2.25. The van der Waals surface area contributed by atoms with E-state index in [9.17, 15) is 19.4 Å². The molecule has 0 radical (unpaired) electrons. The molecule has 50 heavy (non-hydrogen) atoms. The summed E-state index contributed by atoms with van der Waals surface area (Å²) in [6.07, 6.45) is 39.5. The van der Waals surface area contributed by atoms with Gasteiger partial charge in [-0.3, -0.25) is 13.8 Å². The Morgan fingerprint density at radius 1 is 0.660 bits per heavy atom. The van der Waals surface area contributed by atoms with Gasteiger partial charge in [-0.2, -0.15) is 0 Å². The Morgan fingerprint density at radius 3 is 1.58 bits per heavy atom. The summed E-state index contributed by atoms with van der Waals surface area (Å²) in [4.78, 5) is 22.4. The molecule has 0 aliphatic carbocycles. The molecule has 0 aromatic heterocycles. The Bertz CT molecular complexity index is 876. The summed E-state index contributed by atoms with van der Waals surface area (Å²) >= 11 is 0. The van der Waals surface area contributed by atoms with Gasteiger partial charge in [-0.25, -0.2) is 4.57 Å². The average Bonchev–Trinajstić information content (AvgIpc) is 3.06. The number of amides is 1. The lowest BCUT2D eigenvalue weighted by atomic mass is 10.0. The lowest BCUT2D eigenvalue weighted by molar-refractivity contribution is -0.870. The second-order valence-corrected chi connectivity index (χ2v) is 16.8. The molecule has 0 aliphatic rings. The van der Waals surface area contributed by atoms with E-state index in [0.717, 1.165) is 32.1 Å². The van der Waals surface area contributed by atoms with E-state index in [4.69, 9.17) is 9.05 Å². The molecule has 3 unspecified atom stereocenters. The van der Waals surface area contributed by atoms with Gasteiger partial charge < -0.3 is 19.8 Å². The first-order valence-corrected chi connectivity index (χ1v) is 22.2. The Morgan fingerprint density at radius 2 is 1.10 bits per heavy atom. The highest BCUT2D eigenvalue weighted by Crippen LogP contribution is 2.43. The molecule has 1 amide bonds. The first-order valence-electron chi connectivity index (χ1n) is 20.7. The van der Waals surface area contributed by atoms with Crippen LogP contribution in [0.1, 0.15) is 181 Å². The highest BCUT2D eigenvalue weighted by atomic mass is 31.2. The molecule has 0 aromatic rings. The Labute approximate surface area is 309 Å². The Hall–Kier alpha value is -1.02. The molecule has 0 aromatic carbocycles. The number of rotatable bonds is 37. The minimum atomic E-state index is -4.31. The smallest absolute Gasteiger partial charge is 0.387 e. The van der Waals surface area contributed by atoms with Gasteiger partial charge in [-0.15, -0.1) is 0 Å². The molecule has 0 fully saturated rings. The quantitative estimate of drug-likeness (QED) is 0.0254. The van der Waals surface area contributed by atoms with Crippen LogP contribution in [-0.2, 0) is 18.4 Å². The van der Waals surface area contributed by atoms with Crippen molar-refractivity contribution in [1.82, 2.24) is 5.32 Å². The molecule has 0 saturated carbocycles. The maximum Gasteiger partial charge on any atom is 0.472 e. The van der Waals surface area contributed by atoms with E-state index in [0.29, 0.717) is 17.4 Å². The van der Waals surface area contributed by atoms with Crippen LogP contribution in [0.3, 0.4) is 0 Å². The lowest BCUT2D eigenvalue weighted by Crippen LogP contribution is -2.45. The monoisotopic (exact) mass is 730 g/mol. The second kappa shape index (κ2) is 33.8. The number of phosphoric ester groups is 1. The van der Waals surface area contributed by atoms with Crippen LogP contribution in [-0.4, -0.2) is 73.4 Å². The number of nitrogens with one attached hydrogen (secondary N) is 1. The topological polar surface area (TPSA) is 105 Å². The molecule has 0 bridgehead atoms. The zero-order valence-electron chi connectivity index (χ0n) is 33.4. The summed E-state index contributed by atoms with van der Waals surface area (Å²) in [6, 6.07) is -0.854. The predicted molar refractivity (Wildman–Crippen MR) is 212 cm³/mol. The number of allylic oxidation sites excluding steroid dienone is 3. The maximum atomic E-state index is 12.4. The predicted octanol–water partition coefficient (Wildman–Crippen LogP) is 11.0. The highest BCUT2D eigenvalue weighted by molar-refractivity contribution is 7.47. The zero-order valence-corrected chi connectivity index (χ0v) is 34.3. The summed E-state index contributed by atoms with van der Waals surface area (Å²) in [6.45, 7) is 4.54. The van der Waals surface area contributed by atoms with E-state index in [1.165, 1.54) is 128 Å². The summed E-state index contributed by atoms with van der Waals surface area (Å²) in [7, 11) is 1.55. The van der Waals surface area contributed by atoms with Crippen LogP contribution in [0.25, 0.3) is 0 Å². The summed E-state index contributed by atoms with van der Waals surface area (Å²) in [5.74, 6) is -0.223. The van der Waals surface area contributed by atoms with Gasteiger partial charge in [0.15, 0.2) is 0 Å². The van der Waals surface area contributed by atoms with Crippen molar-refractivity contribution in [3.05, 3.63) is 24.3 Å². The minimum Gasteiger partial charge on any atom is -0.387 e. The number of carbonyl (C=O) groups excluding carboxylic acids is 1. The fourth-order valence-corrected chi connectivity index (χ4v) is 6.53. The van der Waals surface area contributed by atoms with Gasteiger partial charge in [0.2, 0.25) is 5.91 Å². The van der Waals surface area contributed by atoms with Crippen molar-refractivity contribution < 1.29 is 32.9 Å². The summed E-state index contributed by atoms with van der Waals surface area (Å²) in [5.41, 5.74) is 0. The zero-order chi connectivity index (χ0) is 37.2. The molecule has 9 heteroatoms. The van der Waals surface area contributed by atoms with E-state index in [1.54, 1.807) is 6.08 Å². The van der Waals surface area contributed by atoms with Gasteiger partial charge >= 0.3 is 7.82 Å². The number of nitrogens with zero attached hydrogens (tertiary/aromatic N) is 1. The number of carbonyl (C=O) groups is 1. The molecule has 0 heterocycles. The van der Waals surface area contributed by atoms with Gasteiger partial charge in [0.1, 0.15) is 13.2 Å². The largest absolute Gasteiger partial charge is 0.472 e. The number of phosphoric acid groups is 1. The van der Waals surface area contributed by atoms with Gasteiger partial charge in [-0.05, 0) is 32.1 Å². The van der Waals surface area contributed by atoms with E-state index in [2.05, 4.69) is 24.4 Å². The van der Waals surface area contributed by atoms with Crippen molar-refractivity contribution in [3.63, 3.8) is 0 Å². The van der Waals surface area contributed by atoms with Crippen molar-refractivity contribution in [3.8, 4) is 0 Å². The molecule has 8 nitrogen and oxygen atoms in total. The number of aliphatic hydroxyl groups is 1. The van der Waals surface area contributed by atoms with E-state index < -0.39 is 20.0 Å². The molecule has 3 N–H and O–H groups in total. The number of likely N-dealkylation sites (N-methyl/N-ethyl adjacent to an activating group) is 1. The second-order valence-electron chi connectivity index (χ2n) is 15.4. The van der Waals surface area contributed by atoms with Crippen LogP contribution >= 0.6 is 7.82 Å². The van der Waals surface area contributed by atoms with Crippen LogP contribution in [0.5, 0.6) is 0 Å². The van der Waals surface area contributed by atoms with Crippen LogP contribution in [0.15, 0.2) is 24.3 Å². The Balaban J connectivity index is 3.96. The van der Waals surface area contributed by atoms with Gasteiger partial charge in [0, 0.05) is 6.42 Å². The SMILES string of the molecule is CCCCCCCCCCCCCCCCCCCCCC/C=C/CC/C=C/C(O)C(COP(=O)(O)OCC[N+](C)(C)C)NC(=O)CCCC. The summed E-state index contributed by atoms with van der Waals surface area (Å²) in [5, 5.41) is 13.5. The molecule has 0 spiro atoms. The number of quaternary nitrogens is 1. The molecule has 0 aliphatic heterocycles. The van der Waals surface area contributed by atoms with E-state index in [-0.39, 0.29) is 19.1 Å². The van der Waals surface area contributed by atoms with Crippen molar-refractivity contribution in [2.24, 2.45) is 0 Å². The number of hydrogen-bond donors (Lipinski definition) is 3. The number of unbranched alkanes of at least 4 members (excludes halogenated alkanes) is 22. The molecule has 0 rings (SSSR count). The van der Waals surface area contributed by atoms with Crippen molar-refractivity contribution in [1.29, 1.82) is 0 Å². The van der Waals surface area contributed by atoms with Crippen LogP contribution in [0.4, 0.5) is 0 Å². The standard InChI is InChI=1S/C41H81N2O6P/c1-6-8-10-11-12-13-14-15-16-17-18-19-20-21-22-23-24-25-26-27-28-29-30-31-32-33-34-40(44)39(42-41(45)35-9-7-2)38-49-50(46,47)48-37-36-43(3,4)5/h29-30,33-34,39-40,44H,6-28,31-32,35-38H2,1-5H3,(H-,42,45,46,47)/p+1/b30-29+,34-33+. The first-order chi connectivity index (χ1) is 24.0. The number of aliphatic hydroxyl groups excluding tert-OH is 1. The fourth-order valence-electron chi connectivity index (χ4n) is 5.80. The minimum absolute atomic E-state index is 0.0559. The molecular formula is C41H82N2O6P+. The number of hydrogen-bond acceptors (Lipinski definition) is 5. The average molecular weight is 730 g/mol. The van der Waals surface area contributed by atoms with Crippen molar-refractivity contribution in [2.45, 2.75) is 193 Å². The molecular weight excluding hydrogens is 647 g/mol. The third kappa shape index (κ3) is 35.4. The Kier molecular flexibility index (Phi) is 33.1. The third-order valence-corrected chi connectivity index (χ3v) is 10.2. The van der Waals surface area contributed by atoms with Gasteiger partial charge in [0.25, 0.3) is 0 Å². The summed E-state index contributed by atoms with van der Waals surface area (Å²) < 4.78 is 23.2. The molecule has 0 saturated heterocycles. The normalized spacial score (nSPS) is 14.8. The van der Waals surface area contributed by atoms with Crippen molar-refractivity contribution in [2.75, 3.05) is 40.9 Å². The maximum absolute atomic E-state index is 12.4. The fraction of sp³-hybridized carbons (Fsp3) is 0.878. The molecule has 296 valence electrons. The highest BCUT2D eigenvalue weighted by Gasteiger charge is 2.27.